The molecule has 2 rings (SSSR count). The van der Waals surface area contributed by atoms with Gasteiger partial charge in [-0.3, -0.25) is 4.79 Å². The summed E-state index contributed by atoms with van der Waals surface area (Å²) in [6.07, 6.45) is 6.24. The number of Topliss-reactive ketones (excluding diaryl/α,β-unsaturated/α-hetero) is 1. The monoisotopic (exact) mass is 202 g/mol. The molecule has 1 aromatic rings. The second-order valence-electron chi connectivity index (χ2n) is 4.54. The minimum Gasteiger partial charge on any atom is -0.300 e. The third-order valence-corrected chi connectivity index (χ3v) is 3.20. The first-order chi connectivity index (χ1) is 7.34. The Hall–Kier alpha value is -1.11. The maximum absolute atomic E-state index is 11.5. The molecule has 1 fully saturated rings. The Bertz CT molecular complexity index is 315. The summed E-state index contributed by atoms with van der Waals surface area (Å²) < 4.78 is 0. The lowest BCUT2D eigenvalue weighted by Gasteiger charge is -2.12. The normalized spacial score (nSPS) is 22.4. The highest BCUT2D eigenvalue weighted by Gasteiger charge is 2.17. The van der Waals surface area contributed by atoms with Crippen molar-refractivity contribution in [3.63, 3.8) is 0 Å². The highest BCUT2D eigenvalue weighted by atomic mass is 16.1. The number of hydrogen-bond acceptors (Lipinski definition) is 1. The van der Waals surface area contributed by atoms with E-state index in [4.69, 9.17) is 0 Å². The molecule has 1 heteroatoms. The highest BCUT2D eigenvalue weighted by molar-refractivity contribution is 5.78. The zero-order valence-corrected chi connectivity index (χ0v) is 9.11. The summed E-state index contributed by atoms with van der Waals surface area (Å²) in [5.74, 6) is 1.05. The van der Waals surface area contributed by atoms with Crippen LogP contribution in [0.2, 0.25) is 0 Å². The van der Waals surface area contributed by atoms with E-state index in [9.17, 15) is 4.79 Å². The fraction of sp³-hybridized carbons (Fsp3) is 0.500. The van der Waals surface area contributed by atoms with E-state index in [-0.39, 0.29) is 0 Å². The lowest BCUT2D eigenvalue weighted by atomic mass is 9.92. The van der Waals surface area contributed by atoms with E-state index in [1.54, 1.807) is 0 Å². The SMILES string of the molecule is O=C1CCCC[C@H](Cc2ccccc2)C1. The van der Waals surface area contributed by atoms with Gasteiger partial charge in [0.25, 0.3) is 0 Å². The van der Waals surface area contributed by atoms with Crippen molar-refractivity contribution in [2.45, 2.75) is 38.5 Å². The molecule has 1 aliphatic rings. The molecule has 0 N–H and O–H groups in total. The average Bonchev–Trinajstić information content (AvgIpc) is 2.44. The van der Waals surface area contributed by atoms with Gasteiger partial charge in [-0.1, -0.05) is 36.8 Å². The number of hydrogen-bond donors (Lipinski definition) is 0. The number of ketones is 1. The van der Waals surface area contributed by atoms with Crippen LogP contribution in [0.3, 0.4) is 0 Å². The summed E-state index contributed by atoms with van der Waals surface area (Å²) in [6, 6.07) is 10.5. The van der Waals surface area contributed by atoms with Crippen molar-refractivity contribution in [1.82, 2.24) is 0 Å². The summed E-state index contributed by atoms with van der Waals surface area (Å²) in [6.45, 7) is 0. The van der Waals surface area contributed by atoms with Crippen LogP contribution >= 0.6 is 0 Å². The predicted molar refractivity (Wildman–Crippen MR) is 61.7 cm³/mol. The van der Waals surface area contributed by atoms with Gasteiger partial charge in [-0.15, -0.1) is 0 Å². The molecule has 0 saturated heterocycles. The average molecular weight is 202 g/mol. The Labute approximate surface area is 91.5 Å². The Morgan fingerprint density at radius 1 is 1.13 bits per heavy atom. The number of carbonyl (C=O) groups excluding carboxylic acids is 1. The van der Waals surface area contributed by atoms with E-state index < -0.39 is 0 Å². The molecule has 1 aromatic carbocycles. The van der Waals surface area contributed by atoms with Crippen LogP contribution in [0.25, 0.3) is 0 Å². The van der Waals surface area contributed by atoms with E-state index in [0.717, 1.165) is 25.7 Å². The zero-order chi connectivity index (χ0) is 10.5. The van der Waals surface area contributed by atoms with Crippen molar-refractivity contribution in [2.75, 3.05) is 0 Å². The maximum atomic E-state index is 11.5. The minimum absolute atomic E-state index is 0.466. The highest BCUT2D eigenvalue weighted by Crippen LogP contribution is 2.24. The topological polar surface area (TPSA) is 17.1 Å². The van der Waals surface area contributed by atoms with E-state index >= 15 is 0 Å². The van der Waals surface area contributed by atoms with Gasteiger partial charge in [-0.2, -0.15) is 0 Å². The quantitative estimate of drug-likeness (QED) is 0.672. The third-order valence-electron chi connectivity index (χ3n) is 3.20. The summed E-state index contributed by atoms with van der Waals surface area (Å²) in [5.41, 5.74) is 1.37. The van der Waals surface area contributed by atoms with Gasteiger partial charge >= 0.3 is 0 Å². The minimum atomic E-state index is 0.466. The van der Waals surface area contributed by atoms with Crippen LogP contribution in [0.15, 0.2) is 30.3 Å². The Morgan fingerprint density at radius 3 is 2.73 bits per heavy atom. The molecule has 0 bridgehead atoms. The maximum Gasteiger partial charge on any atom is 0.133 e. The standard InChI is InChI=1S/C14H18O/c15-14-9-5-4-8-13(11-14)10-12-6-2-1-3-7-12/h1-3,6-7,13H,4-5,8-11H2/t13-/m1/s1. The second-order valence-corrected chi connectivity index (χ2v) is 4.54. The molecule has 0 aliphatic heterocycles. The van der Waals surface area contributed by atoms with E-state index in [1.807, 2.05) is 6.07 Å². The number of benzene rings is 1. The largest absolute Gasteiger partial charge is 0.300 e. The van der Waals surface area contributed by atoms with Crippen molar-refractivity contribution in [2.24, 2.45) is 5.92 Å². The number of rotatable bonds is 2. The van der Waals surface area contributed by atoms with Gasteiger partial charge in [-0.05, 0) is 30.7 Å². The van der Waals surface area contributed by atoms with Crippen molar-refractivity contribution in [3.8, 4) is 0 Å². The van der Waals surface area contributed by atoms with Gasteiger partial charge in [0.15, 0.2) is 0 Å². The van der Waals surface area contributed by atoms with Gasteiger partial charge in [0, 0.05) is 12.8 Å². The molecule has 0 heterocycles. The smallest absolute Gasteiger partial charge is 0.133 e. The molecular formula is C14H18O. The molecule has 0 spiro atoms. The molecule has 0 amide bonds. The van der Waals surface area contributed by atoms with Gasteiger partial charge in [0.05, 0.1) is 0 Å². The van der Waals surface area contributed by atoms with Crippen LogP contribution in [0.4, 0.5) is 0 Å². The summed E-state index contributed by atoms with van der Waals surface area (Å²) in [7, 11) is 0. The van der Waals surface area contributed by atoms with Gasteiger partial charge in [0.1, 0.15) is 5.78 Å². The molecule has 0 radical (unpaired) electrons. The Morgan fingerprint density at radius 2 is 1.93 bits per heavy atom. The van der Waals surface area contributed by atoms with Crippen molar-refractivity contribution in [3.05, 3.63) is 35.9 Å². The van der Waals surface area contributed by atoms with Gasteiger partial charge < -0.3 is 0 Å². The third kappa shape index (κ3) is 3.19. The molecule has 1 nitrogen and oxygen atoms in total. The van der Waals surface area contributed by atoms with E-state index in [0.29, 0.717) is 11.7 Å². The lowest BCUT2D eigenvalue weighted by Crippen LogP contribution is -2.08. The first kappa shape index (κ1) is 10.4. The Kier molecular flexibility index (Phi) is 3.54. The van der Waals surface area contributed by atoms with E-state index in [2.05, 4.69) is 24.3 Å². The van der Waals surface area contributed by atoms with Crippen molar-refractivity contribution in [1.29, 1.82) is 0 Å². The van der Waals surface area contributed by atoms with Crippen molar-refractivity contribution >= 4 is 5.78 Å². The predicted octanol–water partition coefficient (Wildman–Crippen LogP) is 3.38. The van der Waals surface area contributed by atoms with Crippen LogP contribution in [0, 0.1) is 5.92 Å². The van der Waals surface area contributed by atoms with Crippen LogP contribution in [-0.4, -0.2) is 5.78 Å². The molecule has 0 aromatic heterocycles. The summed E-state index contributed by atoms with van der Waals surface area (Å²) in [5, 5.41) is 0. The Balaban J connectivity index is 1.96. The first-order valence-corrected chi connectivity index (χ1v) is 5.90. The summed E-state index contributed by atoms with van der Waals surface area (Å²) >= 11 is 0. The molecular weight excluding hydrogens is 184 g/mol. The molecule has 1 atom stereocenters. The van der Waals surface area contributed by atoms with Crippen molar-refractivity contribution < 1.29 is 4.79 Å². The summed E-state index contributed by atoms with van der Waals surface area (Å²) in [4.78, 5) is 11.5. The van der Waals surface area contributed by atoms with Crippen LogP contribution < -0.4 is 0 Å². The van der Waals surface area contributed by atoms with E-state index in [1.165, 1.54) is 18.4 Å². The van der Waals surface area contributed by atoms with Crippen LogP contribution in [0.1, 0.15) is 37.7 Å². The number of carbonyl (C=O) groups is 1. The van der Waals surface area contributed by atoms with Crippen LogP contribution in [-0.2, 0) is 11.2 Å². The molecule has 1 aliphatic carbocycles. The van der Waals surface area contributed by atoms with Gasteiger partial charge in [0.2, 0.25) is 0 Å². The first-order valence-electron chi connectivity index (χ1n) is 5.90. The fourth-order valence-electron chi connectivity index (χ4n) is 2.40. The second kappa shape index (κ2) is 5.11. The van der Waals surface area contributed by atoms with Gasteiger partial charge in [-0.25, -0.2) is 0 Å². The lowest BCUT2D eigenvalue weighted by molar-refractivity contribution is -0.119. The molecule has 80 valence electrons. The fourth-order valence-corrected chi connectivity index (χ4v) is 2.40. The molecule has 1 saturated carbocycles. The molecule has 0 unspecified atom stereocenters. The molecule has 15 heavy (non-hydrogen) atoms. The zero-order valence-electron chi connectivity index (χ0n) is 9.11. The van der Waals surface area contributed by atoms with Crippen LogP contribution in [0.5, 0.6) is 0 Å².